The summed E-state index contributed by atoms with van der Waals surface area (Å²) in [6.45, 7) is 5.48. The predicted octanol–water partition coefficient (Wildman–Crippen LogP) is 5.07. The number of nitrogens with one attached hydrogen (secondary N) is 2. The number of hydrazone groups is 1. The van der Waals surface area contributed by atoms with E-state index in [4.69, 9.17) is 9.47 Å². The van der Waals surface area contributed by atoms with Gasteiger partial charge in [-0.15, -0.1) is 0 Å². The van der Waals surface area contributed by atoms with Gasteiger partial charge >= 0.3 is 0 Å². The molecule has 0 aliphatic rings. The van der Waals surface area contributed by atoms with E-state index >= 15 is 0 Å². The van der Waals surface area contributed by atoms with Gasteiger partial charge in [-0.1, -0.05) is 35.4 Å². The molecule has 2 amide bonds. The first-order valence-electron chi connectivity index (χ1n) is 13.9. The minimum atomic E-state index is -4.07. The molecule has 0 radical (unpaired) electrons. The first kappa shape index (κ1) is 31.8. The fraction of sp³-hybridized carbons (Fsp3) is 0.182. The Hall–Kier alpha value is -5.16. The normalized spacial score (nSPS) is 11.2. The van der Waals surface area contributed by atoms with Gasteiger partial charge in [-0.05, 0) is 99.1 Å². The van der Waals surface area contributed by atoms with E-state index < -0.39 is 22.5 Å². The molecule has 0 bridgehead atoms. The highest BCUT2D eigenvalue weighted by molar-refractivity contribution is 7.92. The molecule has 0 saturated carbocycles. The Morgan fingerprint density at radius 2 is 1.34 bits per heavy atom. The second-order valence-corrected chi connectivity index (χ2v) is 11.7. The Labute approximate surface area is 257 Å². The van der Waals surface area contributed by atoms with Crippen LogP contribution in [0.2, 0.25) is 0 Å². The number of hydrogen-bond donors (Lipinski definition) is 2. The van der Waals surface area contributed by atoms with E-state index in [0.29, 0.717) is 35.0 Å². The monoisotopic (exact) mass is 614 g/mol. The first-order valence-corrected chi connectivity index (χ1v) is 15.3. The van der Waals surface area contributed by atoms with Crippen molar-refractivity contribution in [3.8, 4) is 11.5 Å². The van der Waals surface area contributed by atoms with Gasteiger partial charge in [0.05, 0.1) is 23.4 Å². The lowest BCUT2D eigenvalue weighted by Crippen LogP contribution is -2.39. The third-order valence-electron chi connectivity index (χ3n) is 6.32. The van der Waals surface area contributed by atoms with Gasteiger partial charge in [-0.3, -0.25) is 13.9 Å². The number of amides is 2. The summed E-state index contributed by atoms with van der Waals surface area (Å²) in [5.74, 6) is 0.147. The van der Waals surface area contributed by atoms with Crippen molar-refractivity contribution in [2.75, 3.05) is 29.4 Å². The van der Waals surface area contributed by atoms with Crippen LogP contribution in [-0.4, -0.2) is 46.2 Å². The molecule has 4 rings (SSSR count). The van der Waals surface area contributed by atoms with E-state index in [9.17, 15) is 18.0 Å². The summed E-state index contributed by atoms with van der Waals surface area (Å²) in [5.41, 5.74) is 6.04. The lowest BCUT2D eigenvalue weighted by atomic mass is 10.2. The third-order valence-corrected chi connectivity index (χ3v) is 8.11. The molecule has 4 aromatic rings. The van der Waals surface area contributed by atoms with Crippen molar-refractivity contribution in [2.45, 2.75) is 25.7 Å². The predicted molar refractivity (Wildman–Crippen MR) is 171 cm³/mol. The molecule has 10 nitrogen and oxygen atoms in total. The number of anilines is 2. The molecule has 11 heteroatoms. The van der Waals surface area contributed by atoms with E-state index in [-0.39, 0.29) is 17.4 Å². The lowest BCUT2D eigenvalue weighted by molar-refractivity contribution is -0.119. The highest BCUT2D eigenvalue weighted by Gasteiger charge is 2.27. The zero-order valence-corrected chi connectivity index (χ0v) is 25.5. The maximum atomic E-state index is 13.6. The van der Waals surface area contributed by atoms with Gasteiger partial charge in [0.25, 0.3) is 21.8 Å². The molecule has 0 spiro atoms. The van der Waals surface area contributed by atoms with Crippen LogP contribution in [0.5, 0.6) is 11.5 Å². The van der Waals surface area contributed by atoms with Crippen molar-refractivity contribution in [2.24, 2.45) is 5.10 Å². The number of hydrogen-bond acceptors (Lipinski definition) is 7. The Morgan fingerprint density at radius 1 is 0.773 bits per heavy atom. The number of benzene rings is 4. The van der Waals surface area contributed by atoms with Crippen molar-refractivity contribution in [1.29, 1.82) is 0 Å². The molecule has 0 unspecified atom stereocenters. The second-order valence-electron chi connectivity index (χ2n) is 9.82. The van der Waals surface area contributed by atoms with Crippen LogP contribution in [-0.2, 0) is 19.6 Å². The maximum Gasteiger partial charge on any atom is 0.264 e. The Morgan fingerprint density at radius 3 is 1.95 bits per heavy atom. The smallest absolute Gasteiger partial charge is 0.264 e. The molecule has 2 N–H and O–H groups in total. The molecule has 0 fully saturated rings. The number of nitrogens with zero attached hydrogens (tertiary/aromatic N) is 2. The maximum absolute atomic E-state index is 13.6. The van der Waals surface area contributed by atoms with Crippen LogP contribution < -0.4 is 24.5 Å². The van der Waals surface area contributed by atoms with Crippen LogP contribution in [0.25, 0.3) is 0 Å². The number of sulfonamides is 1. The van der Waals surface area contributed by atoms with Crippen molar-refractivity contribution in [3.63, 3.8) is 0 Å². The van der Waals surface area contributed by atoms with E-state index in [1.165, 1.54) is 18.3 Å². The van der Waals surface area contributed by atoms with Crippen LogP contribution in [0.4, 0.5) is 11.4 Å². The average Bonchev–Trinajstić information content (AvgIpc) is 3.01. The summed E-state index contributed by atoms with van der Waals surface area (Å²) in [7, 11) is -4.07. The molecule has 0 aromatic heterocycles. The van der Waals surface area contributed by atoms with E-state index in [1.807, 2.05) is 45.0 Å². The Balaban J connectivity index is 1.36. The summed E-state index contributed by atoms with van der Waals surface area (Å²) in [4.78, 5) is 25.1. The molecule has 228 valence electrons. The SMILES string of the molecule is CCOc1ccc(N(CC(=O)N/N=C\c2ccc(OCC(=O)Nc3ccc(C)cc3)cc2)S(=O)(=O)c2ccc(C)cc2)cc1. The van der Waals surface area contributed by atoms with Crippen molar-refractivity contribution in [3.05, 3.63) is 114 Å². The van der Waals surface area contributed by atoms with E-state index in [0.717, 1.165) is 15.4 Å². The zero-order chi connectivity index (χ0) is 31.5. The minimum absolute atomic E-state index is 0.0585. The third kappa shape index (κ3) is 8.92. The first-order chi connectivity index (χ1) is 21.1. The van der Waals surface area contributed by atoms with Crippen LogP contribution in [0, 0.1) is 13.8 Å². The minimum Gasteiger partial charge on any atom is -0.494 e. The number of carbonyl (C=O) groups is 2. The van der Waals surface area contributed by atoms with Crippen LogP contribution in [0.1, 0.15) is 23.6 Å². The van der Waals surface area contributed by atoms with Crippen LogP contribution in [0.15, 0.2) is 107 Å². The molecule has 44 heavy (non-hydrogen) atoms. The summed E-state index contributed by atoms with van der Waals surface area (Å²) >= 11 is 0. The molecule has 0 atom stereocenters. The standard InChI is InChI=1S/C33H34N4O6S/c1-4-42-29-17-13-28(14-18-29)37(44(40,41)31-19-7-25(3)8-20-31)22-32(38)36-34-21-26-9-15-30(16-10-26)43-23-33(39)35-27-11-5-24(2)6-12-27/h5-21H,4,22-23H2,1-3H3,(H,35,39)(H,36,38)/b34-21-. The average molecular weight is 615 g/mol. The second kappa shape index (κ2) is 14.8. The highest BCUT2D eigenvalue weighted by atomic mass is 32.2. The lowest BCUT2D eigenvalue weighted by Gasteiger charge is -2.24. The number of aryl methyl sites for hydroxylation is 2. The van der Waals surface area contributed by atoms with Gasteiger partial charge in [-0.2, -0.15) is 5.10 Å². The molecule has 0 saturated heterocycles. The van der Waals surface area contributed by atoms with Gasteiger partial charge < -0.3 is 14.8 Å². The topological polar surface area (TPSA) is 126 Å². The van der Waals surface area contributed by atoms with E-state index in [2.05, 4.69) is 15.8 Å². The molecule has 0 heterocycles. The van der Waals surface area contributed by atoms with Gasteiger partial charge in [0.15, 0.2) is 6.61 Å². The van der Waals surface area contributed by atoms with Crippen molar-refractivity contribution >= 4 is 39.4 Å². The number of rotatable bonds is 13. The number of carbonyl (C=O) groups excluding carboxylic acids is 2. The zero-order valence-electron chi connectivity index (χ0n) is 24.7. The molecule has 4 aromatic carbocycles. The Bertz CT molecular complexity index is 1690. The summed E-state index contributed by atoms with van der Waals surface area (Å²) in [6.07, 6.45) is 1.42. The summed E-state index contributed by atoms with van der Waals surface area (Å²) in [5, 5.41) is 6.75. The van der Waals surface area contributed by atoms with E-state index in [1.54, 1.807) is 60.7 Å². The molecule has 0 aliphatic carbocycles. The largest absolute Gasteiger partial charge is 0.494 e. The van der Waals surface area contributed by atoms with Crippen LogP contribution in [0.3, 0.4) is 0 Å². The summed E-state index contributed by atoms with van der Waals surface area (Å²) < 4.78 is 39.1. The molecular formula is C33H34N4O6S. The van der Waals surface area contributed by atoms with Crippen molar-refractivity contribution in [1.82, 2.24) is 5.43 Å². The van der Waals surface area contributed by atoms with Crippen LogP contribution >= 0.6 is 0 Å². The quantitative estimate of drug-likeness (QED) is 0.160. The fourth-order valence-electron chi connectivity index (χ4n) is 4.01. The highest BCUT2D eigenvalue weighted by Crippen LogP contribution is 2.26. The van der Waals surface area contributed by atoms with Gasteiger partial charge in [0.1, 0.15) is 18.0 Å². The Kier molecular flexibility index (Phi) is 10.7. The molecule has 0 aliphatic heterocycles. The van der Waals surface area contributed by atoms with Gasteiger partial charge in [-0.25, -0.2) is 13.8 Å². The summed E-state index contributed by atoms with van der Waals surface area (Å²) in [6, 6.07) is 27.1. The molecular weight excluding hydrogens is 580 g/mol. The number of ether oxygens (including phenoxy) is 2. The van der Waals surface area contributed by atoms with Crippen molar-refractivity contribution < 1.29 is 27.5 Å². The van der Waals surface area contributed by atoms with Gasteiger partial charge in [0, 0.05) is 5.69 Å². The van der Waals surface area contributed by atoms with Gasteiger partial charge in [0.2, 0.25) is 0 Å². The fourth-order valence-corrected chi connectivity index (χ4v) is 5.43.